The Labute approximate surface area is 104 Å². The molecule has 0 atom stereocenters. The van der Waals surface area contributed by atoms with Crippen LogP contribution in [0.4, 0.5) is 0 Å². The first-order valence-corrected chi connectivity index (χ1v) is 5.51. The van der Waals surface area contributed by atoms with E-state index in [0.717, 1.165) is 17.9 Å². The summed E-state index contributed by atoms with van der Waals surface area (Å²) in [5.74, 6) is 4.56. The summed E-state index contributed by atoms with van der Waals surface area (Å²) in [5.41, 5.74) is 4.35. The zero-order valence-corrected chi connectivity index (χ0v) is 10.3. The van der Waals surface area contributed by atoms with E-state index in [1.54, 1.807) is 17.2 Å². The Morgan fingerprint density at radius 3 is 2.83 bits per heavy atom. The summed E-state index contributed by atoms with van der Waals surface area (Å²) in [4.78, 5) is 15.4. The molecule has 2 aromatic rings. The van der Waals surface area contributed by atoms with Crippen molar-refractivity contribution < 1.29 is 4.79 Å². The van der Waals surface area contributed by atoms with Crippen LogP contribution in [0.3, 0.4) is 0 Å². The van der Waals surface area contributed by atoms with Crippen LogP contribution in [0.2, 0.25) is 0 Å². The molecule has 1 amide bonds. The van der Waals surface area contributed by atoms with Gasteiger partial charge in [-0.25, -0.2) is 15.5 Å². The van der Waals surface area contributed by atoms with E-state index in [1.165, 1.54) is 0 Å². The number of nitrogens with zero attached hydrogens (tertiary/aromatic N) is 5. The van der Waals surface area contributed by atoms with Gasteiger partial charge in [0, 0.05) is 12.2 Å². The number of nitrogens with one attached hydrogen (secondary N) is 1. The minimum Gasteiger partial charge on any atom is -0.333 e. The predicted molar refractivity (Wildman–Crippen MR) is 63.4 cm³/mol. The summed E-state index contributed by atoms with van der Waals surface area (Å²) in [6.07, 6.45) is 3.34. The van der Waals surface area contributed by atoms with Gasteiger partial charge in [-0.05, 0) is 13.8 Å². The lowest BCUT2D eigenvalue weighted by Gasteiger charge is -2.04. The molecular weight excluding hydrogens is 234 g/mol. The van der Waals surface area contributed by atoms with Crippen molar-refractivity contribution in [2.45, 2.75) is 26.9 Å². The highest BCUT2D eigenvalue weighted by Crippen LogP contribution is 2.04. The van der Waals surface area contributed by atoms with E-state index < -0.39 is 5.91 Å². The van der Waals surface area contributed by atoms with Crippen LogP contribution in [0.15, 0.2) is 12.5 Å². The third-order valence-electron chi connectivity index (χ3n) is 2.82. The molecule has 2 aromatic heterocycles. The number of hydrogen-bond acceptors (Lipinski definition) is 5. The number of carbonyl (C=O) groups is 1. The number of carbonyl (C=O) groups excluding carboxylic acids is 1. The van der Waals surface area contributed by atoms with Crippen LogP contribution in [0.5, 0.6) is 0 Å². The van der Waals surface area contributed by atoms with Crippen molar-refractivity contribution in [3.63, 3.8) is 0 Å². The van der Waals surface area contributed by atoms with Gasteiger partial charge in [0.25, 0.3) is 5.91 Å². The quantitative estimate of drug-likeness (QED) is 0.427. The molecule has 0 fully saturated rings. The predicted octanol–water partition coefficient (Wildman–Crippen LogP) is -0.605. The average Bonchev–Trinajstić information content (AvgIpc) is 2.96. The van der Waals surface area contributed by atoms with Gasteiger partial charge in [-0.1, -0.05) is 5.21 Å². The number of nitrogen functional groups attached to an aromatic ring is 1. The number of amides is 1. The number of rotatable bonds is 4. The van der Waals surface area contributed by atoms with Crippen LogP contribution in [-0.4, -0.2) is 30.5 Å². The van der Waals surface area contributed by atoms with E-state index in [9.17, 15) is 4.79 Å². The Morgan fingerprint density at radius 2 is 2.22 bits per heavy atom. The minimum absolute atomic E-state index is 0.205. The summed E-state index contributed by atoms with van der Waals surface area (Å²) in [7, 11) is 0. The summed E-state index contributed by atoms with van der Waals surface area (Å²) >= 11 is 0. The fourth-order valence-corrected chi connectivity index (χ4v) is 1.57. The number of hydrogen-bond donors (Lipinski definition) is 2. The van der Waals surface area contributed by atoms with E-state index in [0.29, 0.717) is 6.54 Å². The van der Waals surface area contributed by atoms with Crippen molar-refractivity contribution in [2.75, 3.05) is 0 Å². The molecule has 0 spiro atoms. The van der Waals surface area contributed by atoms with Gasteiger partial charge in [0.15, 0.2) is 5.69 Å². The number of imidazole rings is 1. The first-order valence-electron chi connectivity index (χ1n) is 5.51. The highest BCUT2D eigenvalue weighted by Gasteiger charge is 2.09. The maximum Gasteiger partial charge on any atom is 0.287 e. The van der Waals surface area contributed by atoms with Gasteiger partial charge in [-0.3, -0.25) is 10.2 Å². The van der Waals surface area contributed by atoms with Crippen molar-refractivity contribution in [3.8, 4) is 0 Å². The molecule has 0 aliphatic carbocycles. The SMILES string of the molecule is Cc1ncn(CCn2cc(C(=O)NN)nn2)c1C. The summed E-state index contributed by atoms with van der Waals surface area (Å²) < 4.78 is 3.62. The molecule has 3 N–H and O–H groups in total. The maximum atomic E-state index is 11.2. The third-order valence-corrected chi connectivity index (χ3v) is 2.82. The Morgan fingerprint density at radius 1 is 1.44 bits per heavy atom. The van der Waals surface area contributed by atoms with Crippen LogP contribution in [0.25, 0.3) is 0 Å². The number of aryl methyl sites for hydroxylation is 3. The van der Waals surface area contributed by atoms with Crippen LogP contribution in [0, 0.1) is 13.8 Å². The second kappa shape index (κ2) is 4.96. The lowest BCUT2D eigenvalue weighted by atomic mass is 10.4. The van der Waals surface area contributed by atoms with Crippen molar-refractivity contribution in [2.24, 2.45) is 5.84 Å². The van der Waals surface area contributed by atoms with Crippen LogP contribution >= 0.6 is 0 Å². The standard InChI is InChI=1S/C10H15N7O/c1-7-8(2)16(6-12-7)3-4-17-5-9(14-15-17)10(18)13-11/h5-6H,3-4,11H2,1-2H3,(H,13,18). The highest BCUT2D eigenvalue weighted by atomic mass is 16.2. The molecular formula is C10H15N7O. The fraction of sp³-hybridized carbons (Fsp3) is 0.400. The van der Waals surface area contributed by atoms with E-state index in [-0.39, 0.29) is 5.69 Å². The first-order chi connectivity index (χ1) is 8.61. The van der Waals surface area contributed by atoms with Crippen LogP contribution in [-0.2, 0) is 13.1 Å². The molecule has 0 aliphatic heterocycles. The lowest BCUT2D eigenvalue weighted by Crippen LogP contribution is -2.30. The Kier molecular flexibility index (Phi) is 3.38. The van der Waals surface area contributed by atoms with Crippen molar-refractivity contribution >= 4 is 5.91 Å². The maximum absolute atomic E-state index is 11.2. The summed E-state index contributed by atoms with van der Waals surface area (Å²) in [6.45, 7) is 5.31. The fourth-order valence-electron chi connectivity index (χ4n) is 1.57. The van der Waals surface area contributed by atoms with Gasteiger partial charge in [0.2, 0.25) is 0 Å². The number of nitrogens with two attached hydrogens (primary N) is 1. The molecule has 2 heterocycles. The van der Waals surface area contributed by atoms with Crippen molar-refractivity contribution in [3.05, 3.63) is 29.6 Å². The molecule has 0 unspecified atom stereocenters. The zero-order chi connectivity index (χ0) is 13.1. The topological polar surface area (TPSA) is 104 Å². The second-order valence-electron chi connectivity index (χ2n) is 3.95. The zero-order valence-electron chi connectivity index (χ0n) is 10.3. The number of hydrazine groups is 1. The lowest BCUT2D eigenvalue weighted by molar-refractivity contribution is 0.0948. The van der Waals surface area contributed by atoms with E-state index in [1.807, 2.05) is 23.8 Å². The van der Waals surface area contributed by atoms with Gasteiger partial charge < -0.3 is 4.57 Å². The minimum atomic E-state index is -0.448. The molecule has 0 saturated carbocycles. The Bertz CT molecular complexity index is 556. The Hall–Kier alpha value is -2.22. The summed E-state index contributed by atoms with van der Waals surface area (Å²) in [6, 6.07) is 0. The van der Waals surface area contributed by atoms with Gasteiger partial charge >= 0.3 is 0 Å². The van der Waals surface area contributed by atoms with Crippen LogP contribution in [0.1, 0.15) is 21.9 Å². The monoisotopic (exact) mass is 249 g/mol. The van der Waals surface area contributed by atoms with E-state index >= 15 is 0 Å². The highest BCUT2D eigenvalue weighted by molar-refractivity contribution is 5.91. The molecule has 0 radical (unpaired) electrons. The van der Waals surface area contributed by atoms with Crippen molar-refractivity contribution in [1.82, 2.24) is 30.0 Å². The molecule has 8 nitrogen and oxygen atoms in total. The average molecular weight is 249 g/mol. The van der Waals surface area contributed by atoms with E-state index in [4.69, 9.17) is 5.84 Å². The second-order valence-corrected chi connectivity index (χ2v) is 3.95. The normalized spacial score (nSPS) is 10.6. The largest absolute Gasteiger partial charge is 0.333 e. The van der Waals surface area contributed by atoms with Gasteiger partial charge in [-0.2, -0.15) is 0 Å². The van der Waals surface area contributed by atoms with Crippen molar-refractivity contribution in [1.29, 1.82) is 0 Å². The van der Waals surface area contributed by atoms with Gasteiger partial charge in [0.1, 0.15) is 0 Å². The molecule has 0 aliphatic rings. The molecule has 2 rings (SSSR count). The van der Waals surface area contributed by atoms with Gasteiger partial charge in [0.05, 0.1) is 24.8 Å². The third kappa shape index (κ3) is 2.38. The van der Waals surface area contributed by atoms with E-state index in [2.05, 4.69) is 15.3 Å². The molecule has 8 heteroatoms. The smallest absolute Gasteiger partial charge is 0.287 e. The number of aromatic nitrogens is 5. The molecule has 0 bridgehead atoms. The Balaban J connectivity index is 2.00. The van der Waals surface area contributed by atoms with Crippen LogP contribution < -0.4 is 11.3 Å². The molecule has 18 heavy (non-hydrogen) atoms. The summed E-state index contributed by atoms with van der Waals surface area (Å²) in [5, 5.41) is 7.58. The van der Waals surface area contributed by atoms with Gasteiger partial charge in [-0.15, -0.1) is 5.10 Å². The molecule has 96 valence electrons. The molecule has 0 saturated heterocycles. The first kappa shape index (κ1) is 12.2. The molecule has 0 aromatic carbocycles.